The molecule has 4 bridgehead atoms. The molecule has 262 valence electrons. The van der Waals surface area contributed by atoms with Crippen LogP contribution in [0.25, 0.3) is 21.8 Å². The molecule has 0 saturated carbocycles. The molecule has 0 spiro atoms. The zero-order chi connectivity index (χ0) is 36.9. The molecule has 50 heavy (non-hydrogen) atoms. The zero-order valence-electron chi connectivity index (χ0n) is 25.0. The number of hydrogen-bond acceptors (Lipinski definition) is 12. The van der Waals surface area contributed by atoms with E-state index in [1.54, 1.807) is 0 Å². The molecule has 0 aliphatic carbocycles. The van der Waals surface area contributed by atoms with Gasteiger partial charge in [0, 0.05) is 37.0 Å². The molecule has 20 nitrogen and oxygen atoms in total. The number of carbonyl (C=O) groups excluding carboxylic acids is 2. The van der Waals surface area contributed by atoms with Crippen LogP contribution in [0.4, 0.5) is 27.7 Å². The summed E-state index contributed by atoms with van der Waals surface area (Å²) in [6.07, 6.45) is 2.43. The number of anilines is 2. The Bertz CT molecular complexity index is 2840. The second kappa shape index (κ2) is 11.0. The number of benzene rings is 2. The summed E-state index contributed by atoms with van der Waals surface area (Å²) in [4.78, 5) is 31.6. The number of aromatic nitrogens is 3. The second-order valence-electron chi connectivity index (χ2n) is 10.9. The third kappa shape index (κ3) is 5.47. The Balaban J connectivity index is 1.94. The number of aryl methyl sites for hydroxylation is 1. The molecular weight excluding hydrogens is 749 g/mol. The van der Waals surface area contributed by atoms with Crippen molar-refractivity contribution in [1.29, 1.82) is 0 Å². The Labute approximate surface area is 281 Å². The van der Waals surface area contributed by atoms with Gasteiger partial charge in [-0.1, -0.05) is 0 Å². The maximum Gasteiger partial charge on any atom is 0.373 e. The van der Waals surface area contributed by atoms with Gasteiger partial charge in [0.15, 0.2) is 5.69 Å². The molecule has 5 heterocycles. The predicted octanol–water partition coefficient (Wildman–Crippen LogP) is 2.17. The number of nitrogens with zero attached hydrogens (tertiary/aromatic N) is 4. The Morgan fingerprint density at radius 2 is 1.30 bits per heavy atom. The average Bonchev–Trinajstić information content (AvgIpc) is 3.42. The molecule has 3 aromatic heterocycles. The maximum atomic E-state index is 14.7. The molecule has 0 fully saturated rings. The van der Waals surface area contributed by atoms with Crippen LogP contribution in [0, 0.1) is 0 Å². The van der Waals surface area contributed by atoms with E-state index in [1.165, 1.54) is 29.9 Å². The van der Waals surface area contributed by atoms with Crippen LogP contribution in [0.5, 0.6) is 0 Å². The molecule has 2 aromatic carbocycles. The molecule has 0 radical (unpaired) electrons. The Morgan fingerprint density at radius 3 is 1.84 bits per heavy atom. The topological polar surface area (TPSA) is 306 Å². The third-order valence-corrected chi connectivity index (χ3v) is 11.4. The van der Waals surface area contributed by atoms with Crippen molar-refractivity contribution >= 4 is 97.1 Å². The van der Waals surface area contributed by atoms with Crippen LogP contribution in [0.15, 0.2) is 74.4 Å². The molecule has 3 amide bonds. The Hall–Kier alpha value is -4.92. The van der Waals surface area contributed by atoms with Gasteiger partial charge in [0.25, 0.3) is 40.5 Å². The lowest BCUT2D eigenvalue weighted by atomic mass is 10.1. The first-order valence-corrected chi connectivity index (χ1v) is 19.2. The lowest BCUT2D eigenvalue weighted by Gasteiger charge is -2.32. The van der Waals surface area contributed by atoms with Crippen molar-refractivity contribution in [2.45, 2.75) is 19.6 Å². The number of quaternary nitrogens is 1. The highest BCUT2D eigenvalue weighted by molar-refractivity contribution is 7.87. The highest BCUT2D eigenvalue weighted by atomic mass is 32.2. The molecule has 1 unspecified atom stereocenters. The van der Waals surface area contributed by atoms with E-state index >= 15 is 0 Å². The SMILES string of the molecule is Cn1cccc1C(=O)[N+]1(C)c2ccc3c(c(S(=O)(=O)O)cc(S(=O)(=O)O)c3n2)NC(=O)Nc2c(S(=O)(=O)O)cc(S(=O)(=O)O)c3nccc1c23. The van der Waals surface area contributed by atoms with Gasteiger partial charge < -0.3 is 15.2 Å². The molecule has 5 aromatic rings. The van der Waals surface area contributed by atoms with Gasteiger partial charge in [-0.3, -0.25) is 23.2 Å². The fraction of sp³-hybridized carbons (Fsp3) is 0.0769. The number of pyridine rings is 2. The number of urea groups is 1. The number of nitrogens with one attached hydrogen (secondary N) is 2. The Kier molecular flexibility index (Phi) is 7.71. The number of rotatable bonds is 5. The first-order valence-electron chi connectivity index (χ1n) is 13.4. The lowest BCUT2D eigenvalue weighted by Crippen LogP contribution is -2.47. The number of carbonyl (C=O) groups is 2. The van der Waals surface area contributed by atoms with Crippen LogP contribution in [-0.4, -0.2) is 85.4 Å². The molecule has 0 saturated heterocycles. The molecule has 7 rings (SSSR count). The molecule has 2 aliphatic heterocycles. The van der Waals surface area contributed by atoms with Gasteiger partial charge in [-0.05, 0) is 30.3 Å². The number of fused-ring (bicyclic) bond motifs is 3. The first-order chi connectivity index (χ1) is 23.0. The lowest BCUT2D eigenvalue weighted by molar-refractivity contribution is 0.0849. The molecular formula is C26H21N6O14S4+. The van der Waals surface area contributed by atoms with E-state index in [0.717, 1.165) is 31.4 Å². The summed E-state index contributed by atoms with van der Waals surface area (Å²) >= 11 is 0. The van der Waals surface area contributed by atoms with Crippen LogP contribution in [0.3, 0.4) is 0 Å². The van der Waals surface area contributed by atoms with Crippen molar-refractivity contribution < 1.29 is 61.5 Å². The summed E-state index contributed by atoms with van der Waals surface area (Å²) in [5, 5.41) is 2.91. The zero-order valence-corrected chi connectivity index (χ0v) is 28.3. The van der Waals surface area contributed by atoms with Gasteiger partial charge in [0.05, 0.1) is 34.8 Å². The largest absolute Gasteiger partial charge is 0.373 e. The van der Waals surface area contributed by atoms with Gasteiger partial charge in [0.1, 0.15) is 25.3 Å². The van der Waals surface area contributed by atoms with Crippen LogP contribution < -0.4 is 15.1 Å². The predicted molar refractivity (Wildman–Crippen MR) is 173 cm³/mol. The van der Waals surface area contributed by atoms with Crippen LogP contribution in [0.1, 0.15) is 10.5 Å². The number of amides is 3. The van der Waals surface area contributed by atoms with Gasteiger partial charge in [0.2, 0.25) is 5.82 Å². The molecule has 1 atom stereocenters. The molecule has 2 aliphatic rings. The van der Waals surface area contributed by atoms with Crippen molar-refractivity contribution in [2.24, 2.45) is 7.05 Å². The minimum Gasteiger partial charge on any atom is -0.343 e. The van der Waals surface area contributed by atoms with Crippen LogP contribution in [-0.2, 0) is 47.5 Å². The van der Waals surface area contributed by atoms with Gasteiger partial charge in [-0.15, -0.1) is 0 Å². The fourth-order valence-corrected chi connectivity index (χ4v) is 8.53. The number of hydrogen-bond donors (Lipinski definition) is 6. The van der Waals surface area contributed by atoms with E-state index in [2.05, 4.69) is 15.3 Å². The minimum absolute atomic E-state index is 0.0722. The monoisotopic (exact) mass is 769 g/mol. The van der Waals surface area contributed by atoms with E-state index in [4.69, 9.17) is 0 Å². The quantitative estimate of drug-likeness (QED) is 0.110. The van der Waals surface area contributed by atoms with Crippen LogP contribution in [0.2, 0.25) is 0 Å². The summed E-state index contributed by atoms with van der Waals surface area (Å²) in [5.74, 6) is -1.35. The van der Waals surface area contributed by atoms with E-state index in [-0.39, 0.29) is 17.8 Å². The van der Waals surface area contributed by atoms with Crippen LogP contribution >= 0.6 is 0 Å². The summed E-state index contributed by atoms with van der Waals surface area (Å²) < 4.78 is 141. The van der Waals surface area contributed by atoms with Crippen molar-refractivity contribution in [3.8, 4) is 0 Å². The summed E-state index contributed by atoms with van der Waals surface area (Å²) in [5.41, 5.74) is -3.73. The van der Waals surface area contributed by atoms with Crippen molar-refractivity contribution in [3.05, 3.63) is 60.6 Å². The Morgan fingerprint density at radius 1 is 0.760 bits per heavy atom. The van der Waals surface area contributed by atoms with Gasteiger partial charge >= 0.3 is 11.9 Å². The average molecular weight is 770 g/mol. The van der Waals surface area contributed by atoms with Crippen molar-refractivity contribution in [1.82, 2.24) is 19.0 Å². The van der Waals surface area contributed by atoms with E-state index in [9.17, 15) is 61.5 Å². The first kappa shape index (κ1) is 34.9. The summed E-state index contributed by atoms with van der Waals surface area (Å²) in [7, 11) is -19.1. The standard InChI is InChI=1S/C26H20N6O14S4/c1-31-9-3-4-13(31)25(33)32(2)14-7-8-27-23-17(49(41,42)43)11-18(50(44,45)46)24(20(14)23)30-26(34)29-22-12-5-6-19(32)28-21(12)15(47(35,36)37)10-16(22)48(38,39)40/h3-11H,1-2H3,(H5-,27,28,29,30,34,35,36,37,38,39,40,41,42,43,44,45,46)/p+1. The minimum atomic E-state index is -5.53. The van der Waals surface area contributed by atoms with E-state index in [0.29, 0.717) is 0 Å². The fourth-order valence-electron chi connectivity index (χ4n) is 5.68. The molecule has 24 heteroatoms. The highest BCUT2D eigenvalue weighted by Crippen LogP contribution is 2.47. The smallest absolute Gasteiger partial charge is 0.343 e. The van der Waals surface area contributed by atoms with E-state index in [1.807, 2.05) is 5.32 Å². The van der Waals surface area contributed by atoms with Gasteiger partial charge in [-0.2, -0.15) is 43.1 Å². The van der Waals surface area contributed by atoms with E-state index < -0.39 is 121 Å². The van der Waals surface area contributed by atoms with Crippen molar-refractivity contribution in [2.75, 3.05) is 17.7 Å². The highest BCUT2D eigenvalue weighted by Gasteiger charge is 2.45. The van der Waals surface area contributed by atoms with Gasteiger partial charge in [-0.25, -0.2) is 9.59 Å². The summed E-state index contributed by atoms with van der Waals surface area (Å²) in [6.45, 7) is 0. The second-order valence-corrected chi connectivity index (χ2v) is 16.5. The maximum absolute atomic E-state index is 14.7. The summed E-state index contributed by atoms with van der Waals surface area (Å²) in [6, 6.07) is 5.01. The third-order valence-electron chi connectivity index (χ3n) is 7.91. The molecule has 6 N–H and O–H groups in total. The normalized spacial score (nSPS) is 17.0. The van der Waals surface area contributed by atoms with Crippen molar-refractivity contribution in [3.63, 3.8) is 0 Å².